The van der Waals surface area contributed by atoms with E-state index in [1.54, 1.807) is 6.92 Å². The number of amides is 1. The smallest absolute Gasteiger partial charge is 0.326 e. The summed E-state index contributed by atoms with van der Waals surface area (Å²) in [7, 11) is 0. The molecule has 7 nitrogen and oxygen atoms in total. The van der Waals surface area contributed by atoms with Gasteiger partial charge in [-0.25, -0.2) is 9.18 Å². The minimum atomic E-state index is -1.25. The van der Waals surface area contributed by atoms with Crippen LogP contribution in [0.25, 0.3) is 0 Å². The highest BCUT2D eigenvalue weighted by Crippen LogP contribution is 2.19. The molecule has 1 aromatic carbocycles. The molecule has 0 aliphatic carbocycles. The topological polar surface area (TPSA) is 110 Å². The highest BCUT2D eigenvalue weighted by atomic mass is 19.1. The first kappa shape index (κ1) is 15.5. The van der Waals surface area contributed by atoms with Gasteiger partial charge in [0.25, 0.3) is 11.6 Å². The maximum atomic E-state index is 13.1. The monoisotopic (exact) mass is 284 g/mol. The lowest BCUT2D eigenvalue weighted by Gasteiger charge is -2.13. The summed E-state index contributed by atoms with van der Waals surface area (Å²) in [6, 6.07) is 1.25. The molecule has 0 aromatic heterocycles. The molecule has 0 saturated heterocycles. The number of nitro groups is 1. The lowest BCUT2D eigenvalue weighted by Crippen LogP contribution is -2.40. The van der Waals surface area contributed by atoms with Crippen molar-refractivity contribution in [1.82, 2.24) is 5.32 Å². The highest BCUT2D eigenvalue weighted by molar-refractivity contribution is 5.99. The fraction of sp³-hybridized carbons (Fsp3) is 0.333. The van der Waals surface area contributed by atoms with E-state index in [1.165, 1.54) is 0 Å². The van der Waals surface area contributed by atoms with Gasteiger partial charge in [-0.3, -0.25) is 14.9 Å². The van der Waals surface area contributed by atoms with Crippen molar-refractivity contribution in [2.75, 3.05) is 0 Å². The Morgan fingerprint density at radius 3 is 2.65 bits per heavy atom. The van der Waals surface area contributed by atoms with Crippen LogP contribution in [0.2, 0.25) is 0 Å². The number of rotatable bonds is 6. The van der Waals surface area contributed by atoms with Crippen LogP contribution in [0.15, 0.2) is 18.2 Å². The largest absolute Gasteiger partial charge is 0.480 e. The van der Waals surface area contributed by atoms with Gasteiger partial charge >= 0.3 is 5.97 Å². The van der Waals surface area contributed by atoms with Gasteiger partial charge in [0.05, 0.1) is 4.92 Å². The van der Waals surface area contributed by atoms with E-state index in [-0.39, 0.29) is 6.42 Å². The summed E-state index contributed by atoms with van der Waals surface area (Å²) in [5.41, 5.74) is -1.08. The van der Waals surface area contributed by atoms with Gasteiger partial charge in [0.2, 0.25) is 0 Å². The highest BCUT2D eigenvalue weighted by Gasteiger charge is 2.25. The second-order valence-corrected chi connectivity index (χ2v) is 4.07. The van der Waals surface area contributed by atoms with E-state index in [2.05, 4.69) is 5.32 Å². The summed E-state index contributed by atoms with van der Waals surface area (Å²) in [5.74, 6) is -3.06. The van der Waals surface area contributed by atoms with Crippen LogP contribution >= 0.6 is 0 Å². The summed E-state index contributed by atoms with van der Waals surface area (Å²) in [6.45, 7) is 1.73. The van der Waals surface area contributed by atoms with E-state index in [1.807, 2.05) is 0 Å². The minimum absolute atomic E-state index is 0.171. The van der Waals surface area contributed by atoms with Crippen molar-refractivity contribution in [2.45, 2.75) is 25.8 Å². The molecule has 0 aliphatic rings. The molecule has 2 N–H and O–H groups in total. The van der Waals surface area contributed by atoms with E-state index in [0.717, 1.165) is 12.1 Å². The molecule has 1 amide bonds. The van der Waals surface area contributed by atoms with Crippen LogP contribution in [0.1, 0.15) is 30.1 Å². The molecule has 0 aliphatic heterocycles. The second kappa shape index (κ2) is 6.60. The lowest BCUT2D eigenvalue weighted by molar-refractivity contribution is -0.385. The van der Waals surface area contributed by atoms with Gasteiger partial charge in [0.15, 0.2) is 0 Å². The standard InChI is InChI=1S/C12H13FN2O5/c1-2-3-9(12(17)18)14-11(16)8-6-7(13)4-5-10(8)15(19)20/h4-6,9H,2-3H2,1H3,(H,14,16)(H,17,18)/t9-/m0/s1. The summed E-state index contributed by atoms with van der Waals surface area (Å²) in [6.07, 6.45) is 0.673. The van der Waals surface area contributed by atoms with Gasteiger partial charge in [-0.1, -0.05) is 13.3 Å². The normalized spacial score (nSPS) is 11.7. The molecule has 0 spiro atoms. The van der Waals surface area contributed by atoms with E-state index in [4.69, 9.17) is 5.11 Å². The molecule has 1 aromatic rings. The van der Waals surface area contributed by atoms with Gasteiger partial charge in [0, 0.05) is 6.07 Å². The van der Waals surface area contributed by atoms with Crippen molar-refractivity contribution >= 4 is 17.6 Å². The van der Waals surface area contributed by atoms with Crippen LogP contribution in [-0.2, 0) is 4.79 Å². The van der Waals surface area contributed by atoms with Crippen molar-refractivity contribution in [1.29, 1.82) is 0 Å². The number of carboxylic acid groups (broad SMARTS) is 1. The second-order valence-electron chi connectivity index (χ2n) is 4.07. The summed E-state index contributed by atoms with van der Waals surface area (Å²) in [5, 5.41) is 21.8. The Labute approximate surface area is 113 Å². The quantitative estimate of drug-likeness (QED) is 0.610. The predicted molar refractivity (Wildman–Crippen MR) is 66.9 cm³/mol. The third-order valence-electron chi connectivity index (χ3n) is 2.58. The number of carbonyl (C=O) groups is 2. The Morgan fingerprint density at radius 2 is 2.15 bits per heavy atom. The first-order chi connectivity index (χ1) is 9.36. The number of carbonyl (C=O) groups excluding carboxylic acids is 1. The number of carboxylic acids is 1. The molecule has 20 heavy (non-hydrogen) atoms. The fourth-order valence-corrected chi connectivity index (χ4v) is 1.63. The number of nitro benzene ring substituents is 1. The Balaban J connectivity index is 3.05. The molecule has 0 heterocycles. The van der Waals surface area contributed by atoms with Gasteiger partial charge in [-0.2, -0.15) is 0 Å². The fourth-order valence-electron chi connectivity index (χ4n) is 1.63. The molecule has 0 fully saturated rings. The molecule has 0 bridgehead atoms. The van der Waals surface area contributed by atoms with Crippen LogP contribution in [0.5, 0.6) is 0 Å². The first-order valence-electron chi connectivity index (χ1n) is 5.84. The Kier molecular flexibility index (Phi) is 5.13. The van der Waals surface area contributed by atoms with Gasteiger partial charge in [0.1, 0.15) is 17.4 Å². The third-order valence-corrected chi connectivity index (χ3v) is 2.58. The average molecular weight is 284 g/mol. The number of hydrogen-bond acceptors (Lipinski definition) is 4. The van der Waals surface area contributed by atoms with Crippen LogP contribution in [0.3, 0.4) is 0 Å². The molecule has 8 heteroatoms. The van der Waals surface area contributed by atoms with Crippen molar-refractivity contribution in [2.24, 2.45) is 0 Å². The molecular formula is C12H13FN2O5. The van der Waals surface area contributed by atoms with Crippen molar-refractivity contribution in [3.63, 3.8) is 0 Å². The zero-order valence-electron chi connectivity index (χ0n) is 10.6. The van der Waals surface area contributed by atoms with E-state index in [0.29, 0.717) is 12.5 Å². The summed E-state index contributed by atoms with van der Waals surface area (Å²) >= 11 is 0. The molecule has 108 valence electrons. The van der Waals surface area contributed by atoms with E-state index < -0.39 is 39.9 Å². The molecule has 1 atom stereocenters. The Bertz CT molecular complexity index is 547. The zero-order valence-corrected chi connectivity index (χ0v) is 10.6. The van der Waals surface area contributed by atoms with Crippen LogP contribution < -0.4 is 5.32 Å². The summed E-state index contributed by atoms with van der Waals surface area (Å²) in [4.78, 5) is 32.7. The summed E-state index contributed by atoms with van der Waals surface area (Å²) < 4.78 is 13.1. The molecule has 1 rings (SSSR count). The molecule has 0 saturated carbocycles. The SMILES string of the molecule is CCC[C@H](NC(=O)c1cc(F)ccc1[N+](=O)[O-])C(=O)O. The number of halogens is 1. The molecule has 0 unspecified atom stereocenters. The first-order valence-corrected chi connectivity index (χ1v) is 5.84. The minimum Gasteiger partial charge on any atom is -0.480 e. The number of hydrogen-bond donors (Lipinski definition) is 2. The Hall–Kier alpha value is -2.51. The van der Waals surface area contributed by atoms with Gasteiger partial charge in [-0.05, 0) is 18.6 Å². The zero-order chi connectivity index (χ0) is 15.3. The van der Waals surface area contributed by atoms with E-state index in [9.17, 15) is 24.1 Å². The van der Waals surface area contributed by atoms with Crippen LogP contribution in [-0.4, -0.2) is 27.9 Å². The van der Waals surface area contributed by atoms with E-state index >= 15 is 0 Å². The maximum absolute atomic E-state index is 13.1. The number of aliphatic carboxylic acids is 1. The molecule has 0 radical (unpaired) electrons. The number of nitrogens with zero attached hydrogens (tertiary/aromatic N) is 1. The number of nitrogens with one attached hydrogen (secondary N) is 1. The average Bonchev–Trinajstić information content (AvgIpc) is 2.37. The maximum Gasteiger partial charge on any atom is 0.326 e. The lowest BCUT2D eigenvalue weighted by atomic mass is 10.1. The van der Waals surface area contributed by atoms with Crippen molar-refractivity contribution < 1.29 is 24.0 Å². The van der Waals surface area contributed by atoms with Gasteiger partial charge < -0.3 is 10.4 Å². The van der Waals surface area contributed by atoms with Crippen LogP contribution in [0, 0.1) is 15.9 Å². The molecular weight excluding hydrogens is 271 g/mol. The van der Waals surface area contributed by atoms with Crippen molar-refractivity contribution in [3.8, 4) is 0 Å². The van der Waals surface area contributed by atoms with Gasteiger partial charge in [-0.15, -0.1) is 0 Å². The van der Waals surface area contributed by atoms with Crippen LogP contribution in [0.4, 0.5) is 10.1 Å². The van der Waals surface area contributed by atoms with Crippen molar-refractivity contribution in [3.05, 3.63) is 39.7 Å². The third kappa shape index (κ3) is 3.74. The number of benzene rings is 1. The predicted octanol–water partition coefficient (Wildman–Crippen LogP) is 1.72. The Morgan fingerprint density at radius 1 is 1.50 bits per heavy atom.